The molecule has 1 atom stereocenters. The zero-order valence-electron chi connectivity index (χ0n) is 37.7. The van der Waals surface area contributed by atoms with Crippen molar-refractivity contribution >= 4 is 29.1 Å². The first-order valence-electron chi connectivity index (χ1n) is 22.5. The molecule has 65 heavy (non-hydrogen) atoms. The Morgan fingerprint density at radius 2 is 1.55 bits per heavy atom. The van der Waals surface area contributed by atoms with E-state index in [1.807, 2.05) is 107 Å². The van der Waals surface area contributed by atoms with Crippen LogP contribution in [-0.4, -0.2) is 101 Å². The number of amides is 3. The Labute approximate surface area is 381 Å². The summed E-state index contributed by atoms with van der Waals surface area (Å²) in [5.74, 6) is 0.958. The summed E-state index contributed by atoms with van der Waals surface area (Å²) in [5.41, 5.74) is 9.96. The van der Waals surface area contributed by atoms with Crippen LogP contribution < -0.4 is 14.4 Å². The summed E-state index contributed by atoms with van der Waals surface area (Å²) in [7, 11) is 3.50. The molecule has 3 amide bonds. The molecule has 0 bridgehead atoms. The Kier molecular flexibility index (Phi) is 12.8. The number of ether oxygens (including phenoxy) is 3. The van der Waals surface area contributed by atoms with E-state index < -0.39 is 0 Å². The number of hydrogen-bond donors (Lipinski definition) is 0. The number of rotatable bonds is 12. The Morgan fingerprint density at radius 1 is 0.800 bits per heavy atom. The van der Waals surface area contributed by atoms with Crippen LogP contribution in [0, 0.1) is 6.92 Å². The molecule has 0 N–H and O–H groups in total. The number of pyridine rings is 1. The van der Waals surface area contributed by atoms with Gasteiger partial charge in [-0.15, -0.1) is 0 Å². The van der Waals surface area contributed by atoms with Gasteiger partial charge in [-0.1, -0.05) is 54.6 Å². The number of carbonyl (C=O) groups is 3. The zero-order chi connectivity index (χ0) is 45.0. The maximum Gasteiger partial charge on any atom is 0.264 e. The van der Waals surface area contributed by atoms with Crippen LogP contribution in [0.3, 0.4) is 0 Å². The number of anilines is 2. The van der Waals surface area contributed by atoms with Gasteiger partial charge in [-0.2, -0.15) is 0 Å². The smallest absolute Gasteiger partial charge is 0.264 e. The average molecular weight is 873 g/mol. The fourth-order valence-corrected chi connectivity index (χ4v) is 9.30. The van der Waals surface area contributed by atoms with E-state index in [-0.39, 0.29) is 30.2 Å². The van der Waals surface area contributed by atoms with Crippen molar-refractivity contribution in [3.8, 4) is 22.9 Å². The maximum absolute atomic E-state index is 15.1. The second-order valence-electron chi connectivity index (χ2n) is 17.2. The lowest BCUT2D eigenvalue weighted by atomic mass is 9.89. The molecule has 3 aliphatic rings. The van der Waals surface area contributed by atoms with Gasteiger partial charge in [-0.25, -0.2) is 4.98 Å². The third-order valence-corrected chi connectivity index (χ3v) is 13.2. The molecule has 3 aliphatic heterocycles. The van der Waals surface area contributed by atoms with Crippen molar-refractivity contribution in [3.05, 3.63) is 160 Å². The van der Waals surface area contributed by atoms with Crippen molar-refractivity contribution in [2.45, 2.75) is 52.2 Å². The second-order valence-corrected chi connectivity index (χ2v) is 17.2. The number of para-hydroxylation sites is 1. The summed E-state index contributed by atoms with van der Waals surface area (Å²) in [6.07, 6.45) is 3.29. The highest BCUT2D eigenvalue weighted by molar-refractivity contribution is 6.12. The van der Waals surface area contributed by atoms with Gasteiger partial charge in [0, 0.05) is 86.6 Å². The lowest BCUT2D eigenvalue weighted by Gasteiger charge is -2.36. The number of benzene rings is 4. The van der Waals surface area contributed by atoms with E-state index in [2.05, 4.69) is 41.1 Å². The van der Waals surface area contributed by atoms with Crippen LogP contribution >= 0.6 is 0 Å². The van der Waals surface area contributed by atoms with E-state index in [9.17, 15) is 9.59 Å². The van der Waals surface area contributed by atoms with Crippen LogP contribution in [0.15, 0.2) is 115 Å². The molecule has 4 aromatic carbocycles. The third kappa shape index (κ3) is 9.27. The van der Waals surface area contributed by atoms with Crippen LogP contribution in [0.2, 0.25) is 0 Å². The molecule has 0 aliphatic carbocycles. The number of fused-ring (bicyclic) bond motifs is 2. The molecule has 12 nitrogen and oxygen atoms in total. The fourth-order valence-electron chi connectivity index (χ4n) is 9.30. The predicted molar refractivity (Wildman–Crippen MR) is 251 cm³/mol. The molecule has 1 fully saturated rings. The first-order valence-corrected chi connectivity index (χ1v) is 22.5. The maximum atomic E-state index is 15.1. The van der Waals surface area contributed by atoms with Crippen LogP contribution in [0.5, 0.6) is 11.6 Å². The van der Waals surface area contributed by atoms with Crippen LogP contribution in [0.4, 0.5) is 11.4 Å². The Bertz CT molecular complexity index is 2670. The van der Waals surface area contributed by atoms with Crippen LogP contribution in [0.1, 0.15) is 61.2 Å². The summed E-state index contributed by atoms with van der Waals surface area (Å²) < 4.78 is 18.8. The van der Waals surface area contributed by atoms with E-state index in [1.165, 1.54) is 5.56 Å². The molecule has 0 unspecified atom stereocenters. The Hall–Kier alpha value is -6.76. The molecule has 6 aromatic rings. The van der Waals surface area contributed by atoms with Crippen molar-refractivity contribution in [1.82, 2.24) is 24.3 Å². The first-order chi connectivity index (χ1) is 31.6. The van der Waals surface area contributed by atoms with Gasteiger partial charge in [-0.05, 0) is 103 Å². The highest BCUT2D eigenvalue weighted by Crippen LogP contribution is 2.37. The van der Waals surface area contributed by atoms with Gasteiger partial charge in [-0.3, -0.25) is 24.2 Å². The molecule has 0 saturated carbocycles. The van der Waals surface area contributed by atoms with Crippen molar-refractivity contribution in [1.29, 1.82) is 0 Å². The van der Waals surface area contributed by atoms with Crippen molar-refractivity contribution in [3.63, 3.8) is 0 Å². The van der Waals surface area contributed by atoms with Gasteiger partial charge in [0.2, 0.25) is 11.8 Å². The molecule has 334 valence electrons. The molecular formula is C53H56N6O6. The number of hydrogen-bond acceptors (Lipinski definition) is 8. The highest BCUT2D eigenvalue weighted by Gasteiger charge is 2.33. The van der Waals surface area contributed by atoms with Gasteiger partial charge in [0.1, 0.15) is 12.4 Å². The predicted octanol–water partition coefficient (Wildman–Crippen LogP) is 7.81. The quantitative estimate of drug-likeness (QED) is 0.123. The zero-order valence-corrected chi connectivity index (χ0v) is 37.7. The van der Waals surface area contributed by atoms with E-state index >= 15 is 4.79 Å². The minimum Gasteiger partial charge on any atom is -0.492 e. The minimum atomic E-state index is -0.227. The van der Waals surface area contributed by atoms with Crippen LogP contribution in [-0.2, 0) is 48.9 Å². The molecule has 12 heteroatoms. The van der Waals surface area contributed by atoms with E-state index in [4.69, 9.17) is 14.2 Å². The summed E-state index contributed by atoms with van der Waals surface area (Å²) in [5, 5.41) is 0. The minimum absolute atomic E-state index is 0.0334. The molecule has 0 spiro atoms. The number of nitrogens with zero attached hydrogens (tertiary/aromatic N) is 6. The normalized spacial score (nSPS) is 16.1. The van der Waals surface area contributed by atoms with Gasteiger partial charge >= 0.3 is 0 Å². The topological polar surface area (TPSA) is 110 Å². The lowest BCUT2D eigenvalue weighted by molar-refractivity contribution is -0.131. The summed E-state index contributed by atoms with van der Waals surface area (Å²) in [6, 6.07) is 35.2. The summed E-state index contributed by atoms with van der Waals surface area (Å²) in [6.45, 7) is 10.3. The summed E-state index contributed by atoms with van der Waals surface area (Å²) >= 11 is 0. The third-order valence-electron chi connectivity index (χ3n) is 13.2. The van der Waals surface area contributed by atoms with Gasteiger partial charge in [0.05, 0.1) is 44.2 Å². The molecular weight excluding hydrogens is 817 g/mol. The van der Waals surface area contributed by atoms with Gasteiger partial charge < -0.3 is 28.6 Å². The molecule has 5 heterocycles. The monoisotopic (exact) mass is 872 g/mol. The standard InChI is InChI=1S/C53H56N6O6/c1-36-28-39-10-8-9-11-41(39)35-58(36)52(61)48-31-42-34-57(51(60)29-38-14-17-45(18-15-38)65-27-24-56-22-25-64-26-23-56)21-20-40(42)30-47(48)49-32-46(37(2)55(49)3)53(62)59(43-12-6-5-7-13-43)44-16-19-50(63-4)54-33-44/h5-19,30-33,36H,20-29,34-35H2,1-4H3/t36-/m1/s1. The lowest BCUT2D eigenvalue weighted by Crippen LogP contribution is -2.43. The van der Waals surface area contributed by atoms with Crippen molar-refractivity contribution in [2.24, 2.45) is 7.05 Å². The van der Waals surface area contributed by atoms with Gasteiger partial charge in [0.15, 0.2) is 0 Å². The number of methoxy groups -OCH3 is 1. The summed E-state index contributed by atoms with van der Waals surface area (Å²) in [4.78, 5) is 56.2. The molecule has 0 radical (unpaired) electrons. The van der Waals surface area contributed by atoms with E-state index in [1.54, 1.807) is 24.3 Å². The van der Waals surface area contributed by atoms with Crippen molar-refractivity contribution in [2.75, 3.05) is 58.0 Å². The second kappa shape index (κ2) is 19.1. The number of carbonyl (C=O) groups excluding carboxylic acids is 3. The van der Waals surface area contributed by atoms with E-state index in [0.29, 0.717) is 61.0 Å². The average Bonchev–Trinajstić information content (AvgIpc) is 3.64. The fraction of sp³-hybridized carbons (Fsp3) is 0.321. The van der Waals surface area contributed by atoms with Crippen molar-refractivity contribution < 1.29 is 28.6 Å². The largest absolute Gasteiger partial charge is 0.492 e. The Balaban J connectivity index is 1.01. The van der Waals surface area contributed by atoms with Crippen LogP contribution in [0.25, 0.3) is 11.3 Å². The SMILES string of the molecule is COc1ccc(N(C(=O)c2cc(-c3cc4c(cc3C(=O)N3Cc5ccccc5C[C@H]3C)CN(C(=O)Cc3ccc(OCCN5CCOCC5)cc3)CC4)n(C)c2C)c2ccccc2)cn1. The first kappa shape index (κ1) is 43.5. The van der Waals surface area contributed by atoms with Gasteiger partial charge in [0.25, 0.3) is 11.8 Å². The molecule has 2 aromatic heterocycles. The number of morpholine rings is 1. The van der Waals surface area contributed by atoms with E-state index in [0.717, 1.165) is 84.2 Å². The molecule has 9 rings (SSSR count). The molecule has 1 saturated heterocycles. The number of aromatic nitrogens is 2. The Morgan fingerprint density at radius 3 is 2.29 bits per heavy atom. The highest BCUT2D eigenvalue weighted by atomic mass is 16.5.